The second-order valence-electron chi connectivity index (χ2n) is 5.04. The Morgan fingerprint density at radius 2 is 2.35 bits per heavy atom. The number of carbonyl (C=O) groups excluding carboxylic acids is 1. The van der Waals surface area contributed by atoms with Crippen LogP contribution in [0.5, 0.6) is 0 Å². The van der Waals surface area contributed by atoms with Crippen LogP contribution in [0.3, 0.4) is 0 Å². The van der Waals surface area contributed by atoms with Crippen LogP contribution in [-0.4, -0.2) is 47.6 Å². The van der Waals surface area contributed by atoms with Gasteiger partial charge in [0, 0.05) is 19.3 Å². The molecule has 2 unspecified atom stereocenters. The van der Waals surface area contributed by atoms with Gasteiger partial charge in [-0.25, -0.2) is 4.98 Å². The maximum atomic E-state index is 12.5. The highest BCUT2D eigenvalue weighted by Crippen LogP contribution is 2.22. The number of morpholine rings is 1. The number of carbonyl (C=O) groups is 1. The van der Waals surface area contributed by atoms with Crippen LogP contribution in [0.25, 0.3) is 0 Å². The largest absolute Gasteiger partial charge is 0.375 e. The number of pyridine rings is 1. The minimum Gasteiger partial charge on any atom is -0.375 e. The van der Waals surface area contributed by atoms with Gasteiger partial charge in [-0.05, 0) is 26.8 Å². The molecule has 0 saturated carbocycles. The molecule has 0 bridgehead atoms. The maximum Gasteiger partial charge on any atom is 0.255 e. The topological polar surface area (TPSA) is 54.5 Å². The van der Waals surface area contributed by atoms with Crippen molar-refractivity contribution in [1.82, 2.24) is 9.88 Å². The molecule has 1 aliphatic heterocycles. The fraction of sp³-hybridized carbons (Fsp3) is 0.571. The van der Waals surface area contributed by atoms with Crippen molar-refractivity contribution in [3.05, 3.63) is 22.8 Å². The molecule has 0 radical (unpaired) electrons. The third-order valence-electron chi connectivity index (χ3n) is 3.30. The number of ether oxygens (including phenoxy) is 1. The van der Waals surface area contributed by atoms with E-state index >= 15 is 0 Å². The summed E-state index contributed by atoms with van der Waals surface area (Å²) in [6.45, 7) is 7.79. The second-order valence-corrected chi connectivity index (χ2v) is 5.44. The standard InChI is InChI=1S/C14H20ClN3O2/c1-4-16-13-12(15)5-11(6-17-13)14(19)18-7-10(3)20-8-9(18)2/h5-6,9-10H,4,7-8H2,1-3H3,(H,16,17). The van der Waals surface area contributed by atoms with Gasteiger partial charge in [0.05, 0.1) is 29.3 Å². The Morgan fingerprint density at radius 1 is 1.60 bits per heavy atom. The lowest BCUT2D eigenvalue weighted by atomic mass is 10.1. The van der Waals surface area contributed by atoms with Crippen molar-refractivity contribution in [3.63, 3.8) is 0 Å². The zero-order valence-corrected chi connectivity index (χ0v) is 12.8. The predicted octanol–water partition coefficient (Wildman–Crippen LogP) is 2.42. The second kappa shape index (κ2) is 6.41. The van der Waals surface area contributed by atoms with Crippen LogP contribution in [0.1, 0.15) is 31.1 Å². The first-order chi connectivity index (χ1) is 9.52. The van der Waals surface area contributed by atoms with E-state index in [1.165, 1.54) is 0 Å². The number of aromatic nitrogens is 1. The molecule has 6 heteroatoms. The number of anilines is 1. The van der Waals surface area contributed by atoms with Crippen molar-refractivity contribution in [1.29, 1.82) is 0 Å². The first kappa shape index (κ1) is 15.1. The van der Waals surface area contributed by atoms with Gasteiger partial charge < -0.3 is 15.0 Å². The van der Waals surface area contributed by atoms with E-state index in [0.29, 0.717) is 29.6 Å². The summed E-state index contributed by atoms with van der Waals surface area (Å²) in [6, 6.07) is 1.73. The summed E-state index contributed by atoms with van der Waals surface area (Å²) in [5.74, 6) is 0.555. The molecule has 1 aromatic rings. The molecule has 1 saturated heterocycles. The number of halogens is 1. The molecular weight excluding hydrogens is 278 g/mol. The minimum absolute atomic E-state index is 0.0508. The van der Waals surface area contributed by atoms with Gasteiger partial charge in [0.1, 0.15) is 5.82 Å². The Labute approximate surface area is 124 Å². The highest BCUT2D eigenvalue weighted by Gasteiger charge is 2.28. The molecular formula is C14H20ClN3O2. The molecule has 1 aliphatic rings. The quantitative estimate of drug-likeness (QED) is 0.931. The number of amides is 1. The van der Waals surface area contributed by atoms with Crippen LogP contribution in [0.4, 0.5) is 5.82 Å². The van der Waals surface area contributed by atoms with Gasteiger partial charge >= 0.3 is 0 Å². The lowest BCUT2D eigenvalue weighted by molar-refractivity contribution is -0.0387. The van der Waals surface area contributed by atoms with E-state index in [-0.39, 0.29) is 18.1 Å². The Hall–Kier alpha value is -1.33. The van der Waals surface area contributed by atoms with E-state index in [0.717, 1.165) is 6.54 Å². The van der Waals surface area contributed by atoms with Crippen molar-refractivity contribution < 1.29 is 9.53 Å². The van der Waals surface area contributed by atoms with Crippen LogP contribution >= 0.6 is 11.6 Å². The highest BCUT2D eigenvalue weighted by atomic mass is 35.5. The molecule has 2 atom stereocenters. The fourth-order valence-electron chi connectivity index (χ4n) is 2.20. The minimum atomic E-state index is -0.0508. The Morgan fingerprint density at radius 3 is 3.00 bits per heavy atom. The molecule has 0 spiro atoms. The van der Waals surface area contributed by atoms with Crippen molar-refractivity contribution in [2.45, 2.75) is 32.9 Å². The van der Waals surface area contributed by atoms with Crippen LogP contribution in [0, 0.1) is 0 Å². The molecule has 5 nitrogen and oxygen atoms in total. The zero-order valence-electron chi connectivity index (χ0n) is 12.0. The van der Waals surface area contributed by atoms with E-state index in [4.69, 9.17) is 16.3 Å². The lowest BCUT2D eigenvalue weighted by Gasteiger charge is -2.36. The van der Waals surface area contributed by atoms with Gasteiger partial charge in [-0.1, -0.05) is 11.6 Å². The van der Waals surface area contributed by atoms with E-state index in [1.54, 1.807) is 12.3 Å². The van der Waals surface area contributed by atoms with Crippen molar-refractivity contribution in [2.75, 3.05) is 25.0 Å². The molecule has 1 aromatic heterocycles. The molecule has 0 aromatic carbocycles. The third-order valence-corrected chi connectivity index (χ3v) is 3.59. The Kier molecular flexibility index (Phi) is 4.83. The first-order valence-electron chi connectivity index (χ1n) is 6.85. The van der Waals surface area contributed by atoms with Gasteiger partial charge in [0.15, 0.2) is 0 Å². The van der Waals surface area contributed by atoms with Gasteiger partial charge in [-0.3, -0.25) is 4.79 Å². The fourth-order valence-corrected chi connectivity index (χ4v) is 2.44. The highest BCUT2D eigenvalue weighted by molar-refractivity contribution is 6.33. The molecule has 20 heavy (non-hydrogen) atoms. The monoisotopic (exact) mass is 297 g/mol. The molecule has 1 fully saturated rings. The van der Waals surface area contributed by atoms with Crippen LogP contribution < -0.4 is 5.32 Å². The number of rotatable bonds is 3. The maximum absolute atomic E-state index is 12.5. The lowest BCUT2D eigenvalue weighted by Crippen LogP contribution is -2.50. The third kappa shape index (κ3) is 3.22. The molecule has 1 N–H and O–H groups in total. The Bertz CT molecular complexity index is 495. The van der Waals surface area contributed by atoms with Crippen LogP contribution in [0.15, 0.2) is 12.3 Å². The summed E-state index contributed by atoms with van der Waals surface area (Å²) in [4.78, 5) is 18.5. The number of hydrogen-bond donors (Lipinski definition) is 1. The first-order valence-corrected chi connectivity index (χ1v) is 7.22. The molecule has 0 aliphatic carbocycles. The smallest absolute Gasteiger partial charge is 0.255 e. The predicted molar refractivity (Wildman–Crippen MR) is 79.3 cm³/mol. The summed E-state index contributed by atoms with van der Waals surface area (Å²) in [5.41, 5.74) is 0.512. The SMILES string of the molecule is CCNc1ncc(C(=O)N2CC(C)OCC2C)cc1Cl. The van der Waals surface area contributed by atoms with Crippen LogP contribution in [-0.2, 0) is 4.74 Å². The average molecular weight is 298 g/mol. The van der Waals surface area contributed by atoms with Crippen molar-refractivity contribution in [2.24, 2.45) is 0 Å². The normalized spacial score (nSPS) is 22.7. The summed E-state index contributed by atoms with van der Waals surface area (Å²) >= 11 is 6.14. The van der Waals surface area contributed by atoms with E-state index < -0.39 is 0 Å². The zero-order chi connectivity index (χ0) is 14.7. The van der Waals surface area contributed by atoms with Crippen molar-refractivity contribution >= 4 is 23.3 Å². The summed E-state index contributed by atoms with van der Waals surface area (Å²) in [7, 11) is 0. The molecule has 2 rings (SSSR count). The summed E-state index contributed by atoms with van der Waals surface area (Å²) in [5, 5.41) is 3.51. The Balaban J connectivity index is 2.18. The number of hydrogen-bond acceptors (Lipinski definition) is 4. The number of nitrogens with zero attached hydrogens (tertiary/aromatic N) is 2. The number of nitrogens with one attached hydrogen (secondary N) is 1. The van der Waals surface area contributed by atoms with E-state index in [9.17, 15) is 4.79 Å². The van der Waals surface area contributed by atoms with Crippen molar-refractivity contribution in [3.8, 4) is 0 Å². The van der Waals surface area contributed by atoms with E-state index in [1.807, 2.05) is 25.7 Å². The van der Waals surface area contributed by atoms with Gasteiger partial charge in [-0.2, -0.15) is 0 Å². The average Bonchev–Trinajstić information content (AvgIpc) is 2.43. The van der Waals surface area contributed by atoms with E-state index in [2.05, 4.69) is 10.3 Å². The van der Waals surface area contributed by atoms with Gasteiger partial charge in [0.25, 0.3) is 5.91 Å². The van der Waals surface area contributed by atoms with Gasteiger partial charge in [0.2, 0.25) is 0 Å². The molecule has 110 valence electrons. The summed E-state index contributed by atoms with van der Waals surface area (Å²) in [6.07, 6.45) is 1.62. The van der Waals surface area contributed by atoms with Gasteiger partial charge in [-0.15, -0.1) is 0 Å². The summed E-state index contributed by atoms with van der Waals surface area (Å²) < 4.78 is 5.54. The molecule has 2 heterocycles. The molecule has 1 amide bonds. The van der Waals surface area contributed by atoms with Crippen LogP contribution in [0.2, 0.25) is 5.02 Å².